The van der Waals surface area contributed by atoms with E-state index < -0.39 is 34.7 Å². The molecule has 13 heteroatoms. The molecule has 0 amide bonds. The number of aliphatic hydroxyl groups excluding tert-OH is 4. The molecule has 1 unspecified atom stereocenters. The fraction of sp³-hybridized carbons (Fsp3) is 0.400. The van der Waals surface area contributed by atoms with E-state index in [-0.39, 0.29) is 80.8 Å². The zero-order valence-corrected chi connectivity index (χ0v) is 20.7. The molecule has 0 fully saturated rings. The first kappa shape index (κ1) is 28.8. The standard InChI is InChI=1S/C25H32N2O11/c1-37-38-25-22(20-16(32)10-14(11-17(20)33)26(2-6-28)3-7-29)24(36)23(25)21-18(34)12-15(13-19(21)35)27(4-8-30)5-9-31/h10-13,22,28-35H,2-9H2,1H3. The molecule has 2 aromatic rings. The van der Waals surface area contributed by atoms with Gasteiger partial charge in [0.15, 0.2) is 11.5 Å². The largest absolute Gasteiger partial charge is 0.507 e. The van der Waals surface area contributed by atoms with E-state index in [9.17, 15) is 45.6 Å². The predicted octanol–water partition coefficient (Wildman–Crippen LogP) is -0.253. The van der Waals surface area contributed by atoms with Crippen molar-refractivity contribution in [3.8, 4) is 23.0 Å². The highest BCUT2D eigenvalue weighted by Gasteiger charge is 2.48. The van der Waals surface area contributed by atoms with Gasteiger partial charge in [-0.2, -0.15) is 4.89 Å². The van der Waals surface area contributed by atoms with Gasteiger partial charge in [-0.1, -0.05) is 0 Å². The van der Waals surface area contributed by atoms with Crippen LogP contribution < -0.4 is 9.80 Å². The molecule has 1 atom stereocenters. The first-order chi connectivity index (χ1) is 18.2. The maximum Gasteiger partial charge on any atom is 0.182 e. The number of carbonyl (C=O) groups is 1. The summed E-state index contributed by atoms with van der Waals surface area (Å²) in [5.41, 5.74) is -0.124. The molecule has 13 nitrogen and oxygen atoms in total. The Bertz CT molecular complexity index is 1130. The first-order valence-corrected chi connectivity index (χ1v) is 11.8. The summed E-state index contributed by atoms with van der Waals surface area (Å²) in [6.45, 7) is -0.518. The number of aromatic hydroxyl groups is 4. The van der Waals surface area contributed by atoms with Gasteiger partial charge in [0.2, 0.25) is 0 Å². The van der Waals surface area contributed by atoms with Crippen LogP contribution in [-0.2, 0) is 14.6 Å². The molecule has 0 spiro atoms. The summed E-state index contributed by atoms with van der Waals surface area (Å²) in [5, 5.41) is 80.0. The number of aliphatic hydroxyl groups is 4. The Hall–Kier alpha value is -3.75. The first-order valence-electron chi connectivity index (χ1n) is 11.8. The van der Waals surface area contributed by atoms with Gasteiger partial charge in [-0.05, 0) is 0 Å². The van der Waals surface area contributed by atoms with E-state index in [4.69, 9.17) is 9.78 Å². The molecular weight excluding hydrogens is 504 g/mol. The summed E-state index contributed by atoms with van der Waals surface area (Å²) >= 11 is 0. The van der Waals surface area contributed by atoms with Crippen LogP contribution in [0.2, 0.25) is 0 Å². The normalized spacial score (nSPS) is 15.0. The Morgan fingerprint density at radius 3 is 1.47 bits per heavy atom. The van der Waals surface area contributed by atoms with Crippen LogP contribution in [0.1, 0.15) is 17.0 Å². The lowest BCUT2D eigenvalue weighted by molar-refractivity contribution is -0.242. The Morgan fingerprint density at radius 2 is 1.11 bits per heavy atom. The molecule has 0 heterocycles. The third-order valence-electron chi connectivity index (χ3n) is 6.14. The van der Waals surface area contributed by atoms with Gasteiger partial charge in [-0.15, -0.1) is 0 Å². The number of ketones is 1. The van der Waals surface area contributed by atoms with Gasteiger partial charge in [0.05, 0.1) is 50.2 Å². The summed E-state index contributed by atoms with van der Waals surface area (Å²) < 4.78 is 0. The fourth-order valence-electron chi connectivity index (χ4n) is 4.49. The molecule has 3 rings (SSSR count). The topological polar surface area (TPSA) is 204 Å². The van der Waals surface area contributed by atoms with E-state index in [1.807, 2.05) is 0 Å². The lowest BCUT2D eigenvalue weighted by Gasteiger charge is -2.32. The van der Waals surface area contributed by atoms with E-state index in [0.29, 0.717) is 5.69 Å². The number of hydrogen-bond donors (Lipinski definition) is 8. The average molecular weight is 537 g/mol. The van der Waals surface area contributed by atoms with Gasteiger partial charge >= 0.3 is 0 Å². The number of Topliss-reactive ketones (excluding diaryl/α,β-unsaturated/α-hetero) is 1. The van der Waals surface area contributed by atoms with E-state index in [2.05, 4.69) is 0 Å². The number of anilines is 2. The fourth-order valence-corrected chi connectivity index (χ4v) is 4.49. The maximum atomic E-state index is 13.3. The quantitative estimate of drug-likeness (QED) is 0.116. The lowest BCUT2D eigenvalue weighted by Crippen LogP contribution is -2.31. The minimum absolute atomic E-state index is 0.114. The van der Waals surface area contributed by atoms with Crippen molar-refractivity contribution >= 4 is 22.7 Å². The van der Waals surface area contributed by atoms with Crippen molar-refractivity contribution in [3.63, 3.8) is 0 Å². The smallest absolute Gasteiger partial charge is 0.182 e. The highest BCUT2D eigenvalue weighted by atomic mass is 17.2. The van der Waals surface area contributed by atoms with Crippen molar-refractivity contribution in [2.75, 3.05) is 69.5 Å². The maximum absolute atomic E-state index is 13.3. The predicted molar refractivity (Wildman–Crippen MR) is 135 cm³/mol. The molecular formula is C25H32N2O11. The van der Waals surface area contributed by atoms with Crippen LogP contribution in [0.15, 0.2) is 30.0 Å². The van der Waals surface area contributed by atoms with Crippen LogP contribution in [0.4, 0.5) is 11.4 Å². The Morgan fingerprint density at radius 1 is 0.711 bits per heavy atom. The van der Waals surface area contributed by atoms with Gasteiger partial charge in [0.1, 0.15) is 28.9 Å². The molecule has 0 saturated heterocycles. The molecule has 1 aliphatic rings. The number of carbonyl (C=O) groups excluding carboxylic acids is 1. The summed E-state index contributed by atoms with van der Waals surface area (Å²) in [6.07, 6.45) is 0. The van der Waals surface area contributed by atoms with Crippen molar-refractivity contribution in [2.45, 2.75) is 5.92 Å². The second kappa shape index (κ2) is 12.7. The van der Waals surface area contributed by atoms with Crippen LogP contribution in [-0.4, -0.2) is 106 Å². The highest BCUT2D eigenvalue weighted by molar-refractivity contribution is 6.33. The third kappa shape index (κ3) is 5.56. The molecule has 0 aromatic heterocycles. The van der Waals surface area contributed by atoms with Gasteiger partial charge < -0.3 is 55.5 Å². The van der Waals surface area contributed by atoms with Gasteiger partial charge in [0.25, 0.3) is 0 Å². The minimum atomic E-state index is -1.33. The number of nitrogens with zero attached hydrogens (tertiary/aromatic N) is 2. The van der Waals surface area contributed by atoms with Crippen LogP contribution in [0.5, 0.6) is 23.0 Å². The average Bonchev–Trinajstić information content (AvgIpc) is 2.87. The van der Waals surface area contributed by atoms with Gasteiger partial charge in [-0.3, -0.25) is 4.79 Å². The molecule has 2 aromatic carbocycles. The Kier molecular flexibility index (Phi) is 9.61. The summed E-state index contributed by atoms with van der Waals surface area (Å²) in [5.74, 6) is -4.13. The minimum Gasteiger partial charge on any atom is -0.507 e. The van der Waals surface area contributed by atoms with Crippen LogP contribution in [0.25, 0.3) is 5.57 Å². The molecule has 8 N–H and O–H groups in total. The van der Waals surface area contributed by atoms with E-state index in [1.165, 1.54) is 41.2 Å². The van der Waals surface area contributed by atoms with Crippen molar-refractivity contribution in [3.05, 3.63) is 41.2 Å². The number of hydrogen-bond acceptors (Lipinski definition) is 13. The molecule has 0 bridgehead atoms. The van der Waals surface area contributed by atoms with E-state index >= 15 is 0 Å². The van der Waals surface area contributed by atoms with Crippen LogP contribution in [0.3, 0.4) is 0 Å². The van der Waals surface area contributed by atoms with E-state index in [0.717, 1.165) is 0 Å². The highest BCUT2D eigenvalue weighted by Crippen LogP contribution is 2.54. The zero-order valence-electron chi connectivity index (χ0n) is 20.7. The lowest BCUT2D eigenvalue weighted by atomic mass is 9.73. The summed E-state index contributed by atoms with van der Waals surface area (Å²) in [6, 6.07) is 5.02. The molecule has 0 aliphatic heterocycles. The molecule has 38 heavy (non-hydrogen) atoms. The third-order valence-corrected chi connectivity index (χ3v) is 6.14. The Balaban J connectivity index is 2.07. The second-order valence-corrected chi connectivity index (χ2v) is 8.41. The number of allylic oxidation sites excluding steroid dienone is 2. The van der Waals surface area contributed by atoms with Crippen molar-refractivity contribution in [2.24, 2.45) is 0 Å². The van der Waals surface area contributed by atoms with Gasteiger partial charge in [0, 0.05) is 61.8 Å². The molecule has 208 valence electrons. The number of benzene rings is 2. The SMILES string of the molecule is COOC1=C(c2c(O)cc(N(CCO)CCO)cc2O)C(=O)C1c1c(O)cc(N(CCO)CCO)cc1O. The molecule has 0 radical (unpaired) electrons. The summed E-state index contributed by atoms with van der Waals surface area (Å²) in [7, 11) is 1.17. The number of phenols is 4. The van der Waals surface area contributed by atoms with E-state index in [1.54, 1.807) is 0 Å². The Labute approximate surface area is 218 Å². The monoisotopic (exact) mass is 536 g/mol. The van der Waals surface area contributed by atoms with Crippen molar-refractivity contribution < 1.29 is 55.4 Å². The molecule has 0 saturated carbocycles. The van der Waals surface area contributed by atoms with Crippen molar-refractivity contribution in [1.29, 1.82) is 0 Å². The van der Waals surface area contributed by atoms with Crippen molar-refractivity contribution in [1.82, 2.24) is 0 Å². The number of phenolic OH excluding ortho intramolecular Hbond substituents is 4. The summed E-state index contributed by atoms with van der Waals surface area (Å²) in [4.78, 5) is 26.3. The van der Waals surface area contributed by atoms with Gasteiger partial charge in [-0.25, -0.2) is 0 Å². The second-order valence-electron chi connectivity index (χ2n) is 8.41. The van der Waals surface area contributed by atoms with Crippen LogP contribution in [0, 0.1) is 0 Å². The van der Waals surface area contributed by atoms with Crippen LogP contribution >= 0.6 is 0 Å². The molecule has 1 aliphatic carbocycles. The number of rotatable bonds is 14. The zero-order chi connectivity index (χ0) is 28.0.